The van der Waals surface area contributed by atoms with Gasteiger partial charge in [-0.25, -0.2) is 4.79 Å². The van der Waals surface area contributed by atoms with Crippen molar-refractivity contribution in [2.45, 2.75) is 38.3 Å². The molecule has 3 saturated heterocycles. The van der Waals surface area contributed by atoms with E-state index in [1.54, 1.807) is 12.1 Å². The maximum atomic E-state index is 13.2. The number of amides is 2. The summed E-state index contributed by atoms with van der Waals surface area (Å²) in [6, 6.07) is 7.26. The van der Waals surface area contributed by atoms with Gasteiger partial charge in [-0.05, 0) is 12.0 Å². The van der Waals surface area contributed by atoms with Crippen molar-refractivity contribution in [2.24, 2.45) is 5.41 Å². The van der Waals surface area contributed by atoms with E-state index in [0.717, 1.165) is 64.5 Å². The Morgan fingerprint density at radius 2 is 1.21 bits per heavy atom. The minimum absolute atomic E-state index is 0.0722. The minimum atomic E-state index is -0.710. The van der Waals surface area contributed by atoms with Gasteiger partial charge in [0.1, 0.15) is 0 Å². The summed E-state index contributed by atoms with van der Waals surface area (Å²) in [5.74, 6) is -0.858. The third kappa shape index (κ3) is 12.1. The van der Waals surface area contributed by atoms with Gasteiger partial charge in [-0.3, -0.25) is 9.59 Å². The van der Waals surface area contributed by atoms with E-state index >= 15 is 0 Å². The lowest BCUT2D eigenvalue weighted by molar-refractivity contribution is -0.123. The number of hydrogen-bond acceptors (Lipinski definition) is 14. The van der Waals surface area contributed by atoms with Gasteiger partial charge >= 0.3 is 5.97 Å². The SMILES string of the molecule is COC(=O)c1nnc(-c2ccc(CNC(=O)CCCC(=O)NC34CNCCNCC(C)(CNCCNC3)CNCCNC4)cc2)nn1. The normalized spacial score (nSPS) is 23.2. The summed E-state index contributed by atoms with van der Waals surface area (Å²) in [5.41, 5.74) is 1.15. The number of hydrogen-bond donors (Lipinski definition) is 8. The molecule has 16 heteroatoms. The number of benzene rings is 1. The van der Waals surface area contributed by atoms with Crippen LogP contribution in [0.15, 0.2) is 24.3 Å². The number of esters is 1. The Balaban J connectivity index is 1.23. The summed E-state index contributed by atoms with van der Waals surface area (Å²) in [5, 5.41) is 43.0. The molecule has 0 aliphatic carbocycles. The van der Waals surface area contributed by atoms with Crippen molar-refractivity contribution < 1.29 is 19.1 Å². The number of carbonyl (C=O) groups is 3. The second-order valence-electron chi connectivity index (χ2n) is 12.6. The van der Waals surface area contributed by atoms with Crippen LogP contribution in [-0.4, -0.2) is 129 Å². The number of fused-ring (bicyclic) bond motifs is 15. The third-order valence-electron chi connectivity index (χ3n) is 8.24. The van der Waals surface area contributed by atoms with Crippen LogP contribution in [0.2, 0.25) is 0 Å². The van der Waals surface area contributed by atoms with Gasteiger partial charge in [0.25, 0.3) is 5.82 Å². The Bertz CT molecular complexity index is 1230. The van der Waals surface area contributed by atoms with E-state index in [1.807, 2.05) is 12.1 Å². The van der Waals surface area contributed by atoms with Crippen molar-refractivity contribution in [3.8, 4) is 11.4 Å². The molecule has 3 aliphatic rings. The molecule has 0 atom stereocenters. The smallest absolute Gasteiger partial charge is 0.379 e. The average Bonchev–Trinajstić information content (AvgIpc) is 3.08. The summed E-state index contributed by atoms with van der Waals surface area (Å²) in [7, 11) is 1.23. The average molecular weight is 655 g/mol. The van der Waals surface area contributed by atoms with Crippen LogP contribution in [0.1, 0.15) is 42.4 Å². The Morgan fingerprint density at radius 3 is 1.72 bits per heavy atom. The molecule has 16 nitrogen and oxygen atoms in total. The van der Waals surface area contributed by atoms with Crippen molar-refractivity contribution in [1.82, 2.24) is 62.9 Å². The van der Waals surface area contributed by atoms with E-state index < -0.39 is 11.5 Å². The predicted octanol–water partition coefficient (Wildman–Crippen LogP) is -2.07. The zero-order valence-corrected chi connectivity index (χ0v) is 27.5. The van der Waals surface area contributed by atoms with Crippen molar-refractivity contribution in [3.05, 3.63) is 35.7 Å². The van der Waals surface area contributed by atoms with Gasteiger partial charge in [0.2, 0.25) is 17.6 Å². The van der Waals surface area contributed by atoms with Gasteiger partial charge < -0.3 is 47.3 Å². The van der Waals surface area contributed by atoms with Gasteiger partial charge in [-0.15, -0.1) is 20.4 Å². The number of nitrogens with zero attached hydrogens (tertiary/aromatic N) is 4. The summed E-state index contributed by atoms with van der Waals surface area (Å²) in [4.78, 5) is 37.2. The minimum Gasteiger partial charge on any atom is -0.463 e. The fourth-order valence-corrected chi connectivity index (χ4v) is 5.54. The summed E-state index contributed by atoms with van der Waals surface area (Å²) >= 11 is 0. The second kappa shape index (κ2) is 18.6. The number of methoxy groups -OCH3 is 1. The Hall–Kier alpha value is -3.67. The molecule has 1 aromatic carbocycles. The number of aromatic nitrogens is 4. The van der Waals surface area contributed by atoms with E-state index in [0.29, 0.717) is 38.2 Å². The molecule has 3 aliphatic heterocycles. The first-order chi connectivity index (χ1) is 22.8. The first-order valence-corrected chi connectivity index (χ1v) is 16.4. The maximum absolute atomic E-state index is 13.2. The van der Waals surface area contributed by atoms with E-state index in [4.69, 9.17) is 0 Å². The monoisotopic (exact) mass is 654 g/mol. The predicted molar refractivity (Wildman–Crippen MR) is 176 cm³/mol. The molecule has 0 radical (unpaired) electrons. The molecule has 0 spiro atoms. The van der Waals surface area contributed by atoms with Crippen LogP contribution in [0.5, 0.6) is 0 Å². The largest absolute Gasteiger partial charge is 0.463 e. The maximum Gasteiger partial charge on any atom is 0.379 e. The fourth-order valence-electron chi connectivity index (χ4n) is 5.54. The van der Waals surface area contributed by atoms with Gasteiger partial charge in [0, 0.05) is 109 Å². The third-order valence-corrected chi connectivity index (χ3v) is 8.24. The summed E-state index contributed by atoms with van der Waals surface area (Å²) < 4.78 is 4.56. The van der Waals surface area contributed by atoms with Crippen LogP contribution in [0.25, 0.3) is 11.4 Å². The Kier molecular flexibility index (Phi) is 14.3. The quantitative estimate of drug-likeness (QED) is 0.137. The summed E-state index contributed by atoms with van der Waals surface area (Å²) in [6.45, 7) is 12.2. The lowest BCUT2D eigenvalue weighted by Crippen LogP contribution is -2.66. The highest BCUT2D eigenvalue weighted by Crippen LogP contribution is 2.15. The molecular formula is C31H50N12O4. The van der Waals surface area contributed by atoms with Gasteiger partial charge in [-0.1, -0.05) is 31.2 Å². The van der Waals surface area contributed by atoms with Crippen molar-refractivity contribution in [1.29, 1.82) is 0 Å². The van der Waals surface area contributed by atoms with Crippen LogP contribution in [-0.2, 0) is 20.9 Å². The zero-order chi connectivity index (χ0) is 33.4. The summed E-state index contributed by atoms with van der Waals surface area (Å²) in [6.07, 6.45) is 0.938. The lowest BCUT2D eigenvalue weighted by atomic mass is 9.90. The molecule has 2 aromatic rings. The topological polar surface area (TPSA) is 208 Å². The first-order valence-electron chi connectivity index (χ1n) is 16.4. The van der Waals surface area contributed by atoms with Crippen molar-refractivity contribution >= 4 is 17.8 Å². The molecule has 4 heterocycles. The van der Waals surface area contributed by atoms with Crippen LogP contribution < -0.4 is 42.5 Å². The molecule has 1 aromatic heterocycles. The molecule has 2 bridgehead atoms. The molecular weight excluding hydrogens is 604 g/mol. The standard InChI is InChI=1S/C31H50N12O4/c1-30-17-32-10-13-35-20-31(21-36-14-11-33-18-30,22-37-15-12-34-19-30)39-26(45)5-3-4-25(44)38-16-23-6-8-24(9-7-23)27-40-42-28(43-41-27)29(46)47-2/h6-9,32-37H,3-5,10-22H2,1-2H3,(H,38,44)(H,39,45). The van der Waals surface area contributed by atoms with Gasteiger partial charge in [0.15, 0.2) is 0 Å². The van der Waals surface area contributed by atoms with Gasteiger partial charge in [-0.2, -0.15) is 0 Å². The van der Waals surface area contributed by atoms with Crippen molar-refractivity contribution in [2.75, 3.05) is 85.6 Å². The number of ether oxygens (including phenoxy) is 1. The van der Waals surface area contributed by atoms with Gasteiger partial charge in [0.05, 0.1) is 12.6 Å². The van der Waals surface area contributed by atoms with Crippen LogP contribution in [0.3, 0.4) is 0 Å². The molecule has 258 valence electrons. The highest BCUT2D eigenvalue weighted by Gasteiger charge is 2.32. The first kappa shape index (κ1) is 36.2. The van der Waals surface area contributed by atoms with E-state index in [-0.39, 0.29) is 41.7 Å². The van der Waals surface area contributed by atoms with E-state index in [1.165, 1.54) is 7.11 Å². The van der Waals surface area contributed by atoms with E-state index in [2.05, 4.69) is 74.6 Å². The molecule has 2 amide bonds. The van der Waals surface area contributed by atoms with Crippen LogP contribution in [0, 0.1) is 5.41 Å². The molecule has 0 saturated carbocycles. The highest BCUT2D eigenvalue weighted by molar-refractivity contribution is 5.84. The second-order valence-corrected chi connectivity index (χ2v) is 12.6. The lowest BCUT2D eigenvalue weighted by Gasteiger charge is -2.37. The molecule has 3 fully saturated rings. The Labute approximate surface area is 276 Å². The molecule has 5 rings (SSSR count). The zero-order valence-electron chi connectivity index (χ0n) is 27.5. The van der Waals surface area contributed by atoms with E-state index in [9.17, 15) is 14.4 Å². The number of nitrogens with one attached hydrogen (secondary N) is 8. The fraction of sp³-hybridized carbons (Fsp3) is 0.645. The van der Waals surface area contributed by atoms with Crippen LogP contribution in [0.4, 0.5) is 0 Å². The van der Waals surface area contributed by atoms with Crippen molar-refractivity contribution in [3.63, 3.8) is 0 Å². The van der Waals surface area contributed by atoms with Crippen LogP contribution >= 0.6 is 0 Å². The highest BCUT2D eigenvalue weighted by atomic mass is 16.5. The Morgan fingerprint density at radius 1 is 0.723 bits per heavy atom. The molecule has 8 N–H and O–H groups in total. The number of rotatable bonds is 9. The molecule has 47 heavy (non-hydrogen) atoms. The molecule has 0 unspecified atom stereocenters. The number of carbonyl (C=O) groups excluding carboxylic acids is 3.